The zero-order chi connectivity index (χ0) is 20.2. The minimum absolute atomic E-state index is 0.106. The maximum absolute atomic E-state index is 13.2. The van der Waals surface area contributed by atoms with E-state index in [9.17, 15) is 9.18 Å². The minimum Gasteiger partial charge on any atom is -0.325 e. The Morgan fingerprint density at radius 1 is 1.10 bits per heavy atom. The zero-order valence-corrected chi connectivity index (χ0v) is 16.5. The molecule has 6 nitrogen and oxygen atoms in total. The Hall–Kier alpha value is -3.26. The van der Waals surface area contributed by atoms with Crippen molar-refractivity contribution in [2.24, 2.45) is 0 Å². The molecule has 4 rings (SSSR count). The highest BCUT2D eigenvalue weighted by atomic mass is 32.2. The number of benzene rings is 2. The molecule has 0 aliphatic rings. The first-order valence-electron chi connectivity index (χ1n) is 9.12. The van der Waals surface area contributed by atoms with E-state index < -0.39 is 5.82 Å². The second-order valence-electron chi connectivity index (χ2n) is 6.37. The molecule has 1 N–H and O–H groups in total. The number of anilines is 1. The van der Waals surface area contributed by atoms with Crippen molar-refractivity contribution >= 4 is 29.0 Å². The van der Waals surface area contributed by atoms with E-state index >= 15 is 0 Å². The normalized spacial score (nSPS) is 11.0. The van der Waals surface area contributed by atoms with E-state index in [-0.39, 0.29) is 11.7 Å². The molecular weight excluding hydrogens is 389 g/mol. The van der Waals surface area contributed by atoms with Gasteiger partial charge < -0.3 is 5.32 Å². The molecule has 0 bridgehead atoms. The van der Waals surface area contributed by atoms with E-state index in [0.29, 0.717) is 16.5 Å². The van der Waals surface area contributed by atoms with E-state index in [1.54, 1.807) is 16.6 Å². The van der Waals surface area contributed by atoms with Crippen LogP contribution in [-0.2, 0) is 11.2 Å². The van der Waals surface area contributed by atoms with Crippen LogP contribution in [0.2, 0.25) is 0 Å². The number of nitrogens with one attached hydrogen (secondary N) is 1. The van der Waals surface area contributed by atoms with E-state index in [0.717, 1.165) is 17.7 Å². The van der Waals surface area contributed by atoms with Crippen molar-refractivity contribution in [2.45, 2.75) is 18.5 Å². The number of carbonyl (C=O) groups excluding carboxylic acids is 1. The molecule has 1 amide bonds. The summed E-state index contributed by atoms with van der Waals surface area (Å²) in [5.74, 6) is -0.555. The number of hydrogen-bond acceptors (Lipinski definition) is 5. The lowest BCUT2D eigenvalue weighted by molar-refractivity contribution is -0.113. The summed E-state index contributed by atoms with van der Waals surface area (Å²) in [6.45, 7) is 2.12. The molecule has 2 heterocycles. The fraction of sp³-hybridized carbons (Fsp3) is 0.143. The molecule has 0 radical (unpaired) electrons. The third kappa shape index (κ3) is 4.43. The number of fused-ring (bicyclic) bond motifs is 1. The molecule has 0 unspecified atom stereocenters. The molecule has 29 heavy (non-hydrogen) atoms. The monoisotopic (exact) mass is 407 g/mol. The first kappa shape index (κ1) is 19.1. The molecular formula is C21H18FN5OS. The van der Waals surface area contributed by atoms with Gasteiger partial charge in [0.1, 0.15) is 5.82 Å². The Morgan fingerprint density at radius 2 is 1.93 bits per heavy atom. The predicted octanol–water partition coefficient (Wildman–Crippen LogP) is 4.22. The quantitative estimate of drug-likeness (QED) is 0.485. The summed E-state index contributed by atoms with van der Waals surface area (Å²) in [5.41, 5.74) is 4.08. The van der Waals surface area contributed by atoms with Crippen LogP contribution in [0.4, 0.5) is 10.1 Å². The maximum atomic E-state index is 13.2. The van der Waals surface area contributed by atoms with Gasteiger partial charge in [0.05, 0.1) is 11.4 Å². The van der Waals surface area contributed by atoms with E-state index in [1.165, 1.54) is 29.5 Å². The number of halogens is 1. The molecule has 2 aromatic carbocycles. The van der Waals surface area contributed by atoms with Crippen LogP contribution >= 0.6 is 11.8 Å². The van der Waals surface area contributed by atoms with Gasteiger partial charge in [-0.2, -0.15) is 9.61 Å². The molecule has 0 saturated heterocycles. The standard InChI is InChI=1S/C21H18FN5OS/c1-2-14-6-8-15(9-7-14)18-10-11-19-24-25-21(27(19)26-18)29-13-20(28)23-17-5-3-4-16(22)12-17/h3-12H,2,13H2,1H3,(H,23,28). The fourth-order valence-corrected chi connectivity index (χ4v) is 3.51. The molecule has 0 aliphatic carbocycles. The van der Waals surface area contributed by atoms with Crippen molar-refractivity contribution in [1.29, 1.82) is 0 Å². The van der Waals surface area contributed by atoms with Crippen molar-refractivity contribution in [3.63, 3.8) is 0 Å². The molecule has 146 valence electrons. The summed E-state index contributed by atoms with van der Waals surface area (Å²) in [6, 6.07) is 17.8. The summed E-state index contributed by atoms with van der Waals surface area (Å²) in [5, 5.41) is 16.0. The highest BCUT2D eigenvalue weighted by Crippen LogP contribution is 2.21. The zero-order valence-electron chi connectivity index (χ0n) is 15.7. The molecule has 0 aliphatic heterocycles. The van der Waals surface area contributed by atoms with E-state index in [2.05, 4.69) is 39.7 Å². The van der Waals surface area contributed by atoms with Gasteiger partial charge in [0.15, 0.2) is 5.65 Å². The molecule has 4 aromatic rings. The van der Waals surface area contributed by atoms with Gasteiger partial charge in [-0.3, -0.25) is 4.79 Å². The average Bonchev–Trinajstić information content (AvgIpc) is 3.14. The highest BCUT2D eigenvalue weighted by Gasteiger charge is 2.12. The fourth-order valence-electron chi connectivity index (χ4n) is 2.82. The number of amides is 1. The Morgan fingerprint density at radius 3 is 2.69 bits per heavy atom. The third-order valence-corrected chi connectivity index (χ3v) is 5.25. The number of nitrogens with zero attached hydrogens (tertiary/aromatic N) is 4. The van der Waals surface area contributed by atoms with Gasteiger partial charge in [-0.25, -0.2) is 4.39 Å². The number of rotatable bonds is 6. The van der Waals surface area contributed by atoms with Crippen LogP contribution in [-0.4, -0.2) is 31.5 Å². The van der Waals surface area contributed by atoms with Gasteiger partial charge in [0.25, 0.3) is 0 Å². The van der Waals surface area contributed by atoms with Gasteiger partial charge in [-0.1, -0.05) is 49.0 Å². The Kier molecular flexibility index (Phi) is 5.53. The van der Waals surface area contributed by atoms with Crippen LogP contribution < -0.4 is 5.32 Å². The second kappa shape index (κ2) is 8.40. The van der Waals surface area contributed by atoms with E-state index in [1.807, 2.05) is 24.3 Å². The van der Waals surface area contributed by atoms with E-state index in [4.69, 9.17) is 0 Å². The molecule has 8 heteroatoms. The summed E-state index contributed by atoms with van der Waals surface area (Å²) < 4.78 is 14.9. The number of aromatic nitrogens is 4. The number of thioether (sulfide) groups is 1. The van der Waals surface area contributed by atoms with Gasteiger partial charge in [0, 0.05) is 11.3 Å². The van der Waals surface area contributed by atoms with Crippen molar-refractivity contribution < 1.29 is 9.18 Å². The Labute approximate surface area is 171 Å². The van der Waals surface area contributed by atoms with Crippen molar-refractivity contribution in [3.05, 3.63) is 72.0 Å². The first-order valence-corrected chi connectivity index (χ1v) is 10.1. The topological polar surface area (TPSA) is 72.2 Å². The summed E-state index contributed by atoms with van der Waals surface area (Å²) in [7, 11) is 0. The van der Waals surface area contributed by atoms with Crippen LogP contribution in [0.5, 0.6) is 0 Å². The van der Waals surface area contributed by atoms with Gasteiger partial charge in [-0.05, 0) is 42.3 Å². The van der Waals surface area contributed by atoms with Crippen molar-refractivity contribution in [3.8, 4) is 11.3 Å². The van der Waals surface area contributed by atoms with Crippen LogP contribution in [0.3, 0.4) is 0 Å². The largest absolute Gasteiger partial charge is 0.325 e. The lowest BCUT2D eigenvalue weighted by Gasteiger charge is -2.05. The van der Waals surface area contributed by atoms with Gasteiger partial charge in [0.2, 0.25) is 11.1 Å². The van der Waals surface area contributed by atoms with Crippen molar-refractivity contribution in [1.82, 2.24) is 19.8 Å². The second-order valence-corrected chi connectivity index (χ2v) is 7.31. The SMILES string of the molecule is CCc1ccc(-c2ccc3nnc(SCC(=O)Nc4cccc(F)c4)n3n2)cc1. The Balaban J connectivity index is 1.49. The molecule has 0 atom stereocenters. The predicted molar refractivity (Wildman–Crippen MR) is 111 cm³/mol. The number of aryl methyl sites for hydroxylation is 1. The smallest absolute Gasteiger partial charge is 0.234 e. The Bertz CT molecular complexity index is 1160. The summed E-state index contributed by atoms with van der Waals surface area (Å²) >= 11 is 1.22. The highest BCUT2D eigenvalue weighted by molar-refractivity contribution is 7.99. The molecule has 2 aromatic heterocycles. The van der Waals surface area contributed by atoms with Crippen LogP contribution in [0.15, 0.2) is 65.8 Å². The van der Waals surface area contributed by atoms with Crippen molar-refractivity contribution in [2.75, 3.05) is 11.1 Å². The first-order chi connectivity index (χ1) is 14.1. The molecule has 0 saturated carbocycles. The molecule has 0 spiro atoms. The lowest BCUT2D eigenvalue weighted by atomic mass is 10.1. The minimum atomic E-state index is -0.400. The maximum Gasteiger partial charge on any atom is 0.234 e. The number of hydrogen-bond donors (Lipinski definition) is 1. The van der Waals surface area contributed by atoms with Gasteiger partial charge in [-0.15, -0.1) is 10.2 Å². The summed E-state index contributed by atoms with van der Waals surface area (Å²) in [6.07, 6.45) is 0.983. The average molecular weight is 407 g/mol. The van der Waals surface area contributed by atoms with Crippen LogP contribution in [0.1, 0.15) is 12.5 Å². The van der Waals surface area contributed by atoms with Crippen LogP contribution in [0, 0.1) is 5.82 Å². The molecule has 0 fully saturated rings. The van der Waals surface area contributed by atoms with Crippen LogP contribution in [0.25, 0.3) is 16.9 Å². The summed E-state index contributed by atoms with van der Waals surface area (Å²) in [4.78, 5) is 12.2. The number of carbonyl (C=O) groups is 1. The third-order valence-electron chi connectivity index (χ3n) is 4.33. The van der Waals surface area contributed by atoms with Gasteiger partial charge >= 0.3 is 0 Å². The lowest BCUT2D eigenvalue weighted by Crippen LogP contribution is -2.14.